The molecule has 6 nitrogen and oxygen atoms in total. The highest BCUT2D eigenvalue weighted by Crippen LogP contribution is 2.28. The van der Waals surface area contributed by atoms with E-state index in [9.17, 15) is 4.79 Å². The van der Waals surface area contributed by atoms with Crippen LogP contribution in [0.5, 0.6) is 5.75 Å². The molecule has 9 heteroatoms. The van der Waals surface area contributed by atoms with Crippen LogP contribution in [0.3, 0.4) is 0 Å². The van der Waals surface area contributed by atoms with E-state index < -0.39 is 0 Å². The summed E-state index contributed by atoms with van der Waals surface area (Å²) in [5.74, 6) is 1.38. The van der Waals surface area contributed by atoms with E-state index in [0.29, 0.717) is 26.7 Å². The van der Waals surface area contributed by atoms with Crippen molar-refractivity contribution in [3.05, 3.63) is 93.2 Å². The van der Waals surface area contributed by atoms with E-state index >= 15 is 0 Å². The van der Waals surface area contributed by atoms with Crippen molar-refractivity contribution in [1.29, 1.82) is 0 Å². The summed E-state index contributed by atoms with van der Waals surface area (Å²) in [6.07, 6.45) is 0. The molecule has 0 aliphatic carbocycles. The largest absolute Gasteiger partial charge is 0.485 e. The number of aromatic nitrogens is 3. The molecule has 0 saturated heterocycles. The van der Waals surface area contributed by atoms with E-state index in [4.69, 9.17) is 27.9 Å². The first-order valence-corrected chi connectivity index (χ1v) is 12.6. The normalized spacial score (nSPS) is 10.9. The molecule has 0 bridgehead atoms. The number of anilines is 1. The maximum Gasteiger partial charge on any atom is 0.234 e. The number of nitrogens with one attached hydrogen (secondary N) is 1. The fourth-order valence-electron chi connectivity index (χ4n) is 3.51. The number of benzene rings is 3. The zero-order chi connectivity index (χ0) is 24.9. The van der Waals surface area contributed by atoms with Gasteiger partial charge >= 0.3 is 0 Å². The van der Waals surface area contributed by atoms with E-state index in [2.05, 4.69) is 15.5 Å². The Hall–Kier alpha value is -3.00. The summed E-state index contributed by atoms with van der Waals surface area (Å²) >= 11 is 13.4. The van der Waals surface area contributed by atoms with Gasteiger partial charge in [0.05, 0.1) is 16.5 Å². The average Bonchev–Trinajstić information content (AvgIpc) is 3.22. The minimum absolute atomic E-state index is 0.126. The molecule has 0 fully saturated rings. The number of nitrogens with zero attached hydrogens (tertiary/aromatic N) is 3. The molecule has 0 saturated carbocycles. The molecule has 0 atom stereocenters. The minimum Gasteiger partial charge on any atom is -0.485 e. The number of amides is 1. The van der Waals surface area contributed by atoms with Gasteiger partial charge < -0.3 is 10.1 Å². The summed E-state index contributed by atoms with van der Waals surface area (Å²) in [5, 5.41) is 13.0. The van der Waals surface area contributed by atoms with Gasteiger partial charge in [-0.2, -0.15) is 0 Å². The lowest BCUT2D eigenvalue weighted by Crippen LogP contribution is -2.15. The van der Waals surface area contributed by atoms with Gasteiger partial charge in [0.1, 0.15) is 12.4 Å². The average molecular weight is 527 g/mol. The SMILES string of the molecule is Cc1ccc(-n2c(COc3c(C)cccc3C)nnc2SCC(=O)Nc2ccc(Cl)cc2Cl)cc1. The summed E-state index contributed by atoms with van der Waals surface area (Å²) in [5.41, 5.74) is 4.65. The van der Waals surface area contributed by atoms with E-state index in [0.717, 1.165) is 28.1 Å². The zero-order valence-corrected chi connectivity index (χ0v) is 21.8. The molecular weight excluding hydrogens is 503 g/mol. The number of ether oxygens (including phenoxy) is 1. The highest BCUT2D eigenvalue weighted by atomic mass is 35.5. The second kappa shape index (κ2) is 11.2. The van der Waals surface area contributed by atoms with Crippen LogP contribution in [0.4, 0.5) is 5.69 Å². The van der Waals surface area contributed by atoms with Crippen LogP contribution in [0.15, 0.2) is 65.8 Å². The number of hydrogen-bond acceptors (Lipinski definition) is 5. The predicted octanol–water partition coefficient (Wildman–Crippen LogP) is 6.81. The van der Waals surface area contributed by atoms with Crippen molar-refractivity contribution in [2.24, 2.45) is 0 Å². The topological polar surface area (TPSA) is 69.0 Å². The fourth-order valence-corrected chi connectivity index (χ4v) is 4.74. The van der Waals surface area contributed by atoms with Gasteiger partial charge in [0.25, 0.3) is 0 Å². The van der Waals surface area contributed by atoms with Crippen LogP contribution < -0.4 is 10.1 Å². The number of aryl methyl sites for hydroxylation is 3. The van der Waals surface area contributed by atoms with Crippen molar-refractivity contribution >= 4 is 46.6 Å². The Balaban J connectivity index is 1.54. The van der Waals surface area contributed by atoms with Crippen LogP contribution in [0, 0.1) is 20.8 Å². The van der Waals surface area contributed by atoms with Crippen LogP contribution in [0.1, 0.15) is 22.5 Å². The Morgan fingerprint density at radius 3 is 2.40 bits per heavy atom. The van der Waals surface area contributed by atoms with E-state index in [-0.39, 0.29) is 18.3 Å². The lowest BCUT2D eigenvalue weighted by molar-refractivity contribution is -0.113. The molecule has 4 aromatic rings. The molecule has 0 unspecified atom stereocenters. The van der Waals surface area contributed by atoms with Gasteiger partial charge in [-0.15, -0.1) is 10.2 Å². The van der Waals surface area contributed by atoms with Crippen molar-refractivity contribution in [2.75, 3.05) is 11.1 Å². The van der Waals surface area contributed by atoms with Crippen molar-refractivity contribution in [1.82, 2.24) is 14.8 Å². The summed E-state index contributed by atoms with van der Waals surface area (Å²) in [4.78, 5) is 12.6. The highest BCUT2D eigenvalue weighted by molar-refractivity contribution is 7.99. The first kappa shape index (κ1) is 25.1. The number of thioether (sulfide) groups is 1. The number of carbonyl (C=O) groups is 1. The fraction of sp³-hybridized carbons (Fsp3) is 0.192. The van der Waals surface area contributed by atoms with Gasteiger partial charge in [0, 0.05) is 10.7 Å². The van der Waals surface area contributed by atoms with E-state index in [1.807, 2.05) is 67.8 Å². The van der Waals surface area contributed by atoms with Crippen LogP contribution in [0.25, 0.3) is 5.69 Å². The summed E-state index contributed by atoms with van der Waals surface area (Å²) in [6, 6.07) is 19.0. The maximum atomic E-state index is 12.6. The molecule has 1 amide bonds. The quantitative estimate of drug-likeness (QED) is 0.255. The van der Waals surface area contributed by atoms with Crippen molar-refractivity contribution in [3.8, 4) is 11.4 Å². The van der Waals surface area contributed by atoms with Crippen LogP contribution in [-0.4, -0.2) is 26.4 Å². The summed E-state index contributed by atoms with van der Waals surface area (Å²) in [6.45, 7) is 6.29. The first-order valence-electron chi connectivity index (χ1n) is 10.9. The lowest BCUT2D eigenvalue weighted by atomic mass is 10.1. The van der Waals surface area contributed by atoms with Crippen LogP contribution >= 0.6 is 35.0 Å². The molecule has 4 rings (SSSR count). The second-order valence-electron chi connectivity index (χ2n) is 8.04. The van der Waals surface area contributed by atoms with Gasteiger partial charge in [0.15, 0.2) is 11.0 Å². The lowest BCUT2D eigenvalue weighted by Gasteiger charge is -2.14. The molecular formula is C26H24Cl2N4O2S. The molecule has 1 aromatic heterocycles. The highest BCUT2D eigenvalue weighted by Gasteiger charge is 2.18. The van der Waals surface area contributed by atoms with Crippen molar-refractivity contribution < 1.29 is 9.53 Å². The maximum absolute atomic E-state index is 12.6. The Morgan fingerprint density at radius 2 is 1.71 bits per heavy atom. The van der Waals surface area contributed by atoms with Crippen molar-refractivity contribution in [3.63, 3.8) is 0 Å². The Morgan fingerprint density at radius 1 is 1.00 bits per heavy atom. The summed E-state index contributed by atoms with van der Waals surface area (Å²) in [7, 11) is 0. The van der Waals surface area contributed by atoms with Crippen LogP contribution in [0.2, 0.25) is 10.0 Å². The Bertz CT molecular complexity index is 1340. The van der Waals surface area contributed by atoms with Gasteiger partial charge in [-0.3, -0.25) is 9.36 Å². The predicted molar refractivity (Wildman–Crippen MR) is 142 cm³/mol. The van der Waals surface area contributed by atoms with Gasteiger partial charge in [-0.1, -0.05) is 70.9 Å². The molecule has 0 spiro atoms. The molecule has 0 aliphatic heterocycles. The molecule has 0 aliphatic rings. The molecule has 35 heavy (non-hydrogen) atoms. The van der Waals surface area contributed by atoms with E-state index in [1.54, 1.807) is 18.2 Å². The summed E-state index contributed by atoms with van der Waals surface area (Å²) < 4.78 is 8.06. The molecule has 3 aromatic carbocycles. The molecule has 1 heterocycles. The monoisotopic (exact) mass is 526 g/mol. The first-order chi connectivity index (χ1) is 16.8. The van der Waals surface area contributed by atoms with Gasteiger partial charge in [0.2, 0.25) is 5.91 Å². The number of para-hydroxylation sites is 1. The third-order valence-electron chi connectivity index (χ3n) is 5.28. The number of hydrogen-bond donors (Lipinski definition) is 1. The Kier molecular flexibility index (Phi) is 8.00. The second-order valence-corrected chi connectivity index (χ2v) is 9.83. The molecule has 180 valence electrons. The Labute approximate surface area is 218 Å². The van der Waals surface area contributed by atoms with Crippen molar-refractivity contribution in [2.45, 2.75) is 32.5 Å². The molecule has 0 radical (unpaired) electrons. The van der Waals surface area contributed by atoms with Crippen LogP contribution in [-0.2, 0) is 11.4 Å². The van der Waals surface area contributed by atoms with Gasteiger partial charge in [-0.05, 0) is 62.2 Å². The third-order valence-corrected chi connectivity index (χ3v) is 6.76. The molecule has 1 N–H and O–H groups in total. The smallest absolute Gasteiger partial charge is 0.234 e. The third kappa shape index (κ3) is 6.17. The minimum atomic E-state index is -0.217. The number of carbonyl (C=O) groups excluding carboxylic acids is 1. The van der Waals surface area contributed by atoms with Gasteiger partial charge in [-0.25, -0.2) is 0 Å². The number of halogens is 2. The van der Waals surface area contributed by atoms with E-state index in [1.165, 1.54) is 11.8 Å². The standard InChI is InChI=1S/C26H24Cl2N4O2S/c1-16-7-10-20(11-8-16)32-23(14-34-25-17(2)5-4-6-18(25)3)30-31-26(32)35-15-24(33)29-22-12-9-19(27)13-21(22)28/h4-13H,14-15H2,1-3H3,(H,29,33). The zero-order valence-electron chi connectivity index (χ0n) is 19.5. The number of rotatable bonds is 8.